The average molecular weight is 370 g/mol. The van der Waals surface area contributed by atoms with Gasteiger partial charge in [-0.05, 0) is 36.7 Å². The van der Waals surface area contributed by atoms with Crippen molar-refractivity contribution in [3.63, 3.8) is 0 Å². The first-order valence-corrected chi connectivity index (χ1v) is 9.86. The van der Waals surface area contributed by atoms with Crippen molar-refractivity contribution in [2.45, 2.75) is 26.3 Å². The Balaban J connectivity index is 1.70. The van der Waals surface area contributed by atoms with E-state index in [4.69, 9.17) is 9.47 Å². The lowest BCUT2D eigenvalue weighted by Crippen LogP contribution is -2.46. The summed E-state index contributed by atoms with van der Waals surface area (Å²) in [5.41, 5.74) is 3.17. The van der Waals surface area contributed by atoms with E-state index < -0.39 is 0 Å². The van der Waals surface area contributed by atoms with Crippen molar-refractivity contribution in [3.05, 3.63) is 42.0 Å². The molecule has 0 atom stereocenters. The van der Waals surface area contributed by atoms with Gasteiger partial charge in [-0.3, -0.25) is 4.90 Å². The molecule has 5 heteroatoms. The number of hydrogen-bond donors (Lipinski definition) is 0. The molecule has 1 aromatic heterocycles. The zero-order valence-electron chi connectivity index (χ0n) is 16.8. The molecule has 0 amide bonds. The van der Waals surface area contributed by atoms with Crippen LogP contribution in [0.3, 0.4) is 0 Å². The molecule has 3 rings (SSSR count). The lowest BCUT2D eigenvalue weighted by atomic mass is 10.1. The van der Waals surface area contributed by atoms with Crippen LogP contribution in [0.2, 0.25) is 0 Å². The number of methoxy groups -OCH3 is 2. The van der Waals surface area contributed by atoms with Gasteiger partial charge in [-0.15, -0.1) is 0 Å². The van der Waals surface area contributed by atoms with Crippen molar-refractivity contribution in [1.29, 1.82) is 0 Å². The fourth-order valence-corrected chi connectivity index (χ4v) is 3.54. The standard InChI is InChI=1S/C22H31N3O2/c1-4-5-11-24-12-14-25(15-13-24)17-18-9-10-21(26-2)19(16-18)20-7-6-8-22(23-20)27-3/h6-10,16H,4-5,11-15,17H2,1-3H3. The lowest BCUT2D eigenvalue weighted by Gasteiger charge is -2.34. The third kappa shape index (κ3) is 5.21. The van der Waals surface area contributed by atoms with Crippen molar-refractivity contribution >= 4 is 0 Å². The Kier molecular flexibility index (Phi) is 7.07. The number of nitrogens with zero attached hydrogens (tertiary/aromatic N) is 3. The molecular weight excluding hydrogens is 338 g/mol. The summed E-state index contributed by atoms with van der Waals surface area (Å²) in [5.74, 6) is 1.45. The maximum Gasteiger partial charge on any atom is 0.213 e. The van der Waals surface area contributed by atoms with Gasteiger partial charge in [0, 0.05) is 44.4 Å². The highest BCUT2D eigenvalue weighted by atomic mass is 16.5. The van der Waals surface area contributed by atoms with Crippen molar-refractivity contribution < 1.29 is 9.47 Å². The largest absolute Gasteiger partial charge is 0.496 e. The van der Waals surface area contributed by atoms with Crippen LogP contribution in [0.1, 0.15) is 25.3 Å². The van der Waals surface area contributed by atoms with Crippen LogP contribution < -0.4 is 9.47 Å². The van der Waals surface area contributed by atoms with Crippen LogP contribution in [0.5, 0.6) is 11.6 Å². The number of piperazine rings is 1. The average Bonchev–Trinajstić information content (AvgIpc) is 2.73. The highest BCUT2D eigenvalue weighted by Gasteiger charge is 2.17. The van der Waals surface area contributed by atoms with Crippen molar-refractivity contribution in [1.82, 2.24) is 14.8 Å². The summed E-state index contributed by atoms with van der Waals surface area (Å²) in [6, 6.07) is 12.2. The highest BCUT2D eigenvalue weighted by molar-refractivity contribution is 5.68. The van der Waals surface area contributed by atoms with Crippen molar-refractivity contribution in [2.24, 2.45) is 0 Å². The fourth-order valence-electron chi connectivity index (χ4n) is 3.54. The molecule has 1 fully saturated rings. The third-order valence-electron chi connectivity index (χ3n) is 5.17. The monoisotopic (exact) mass is 369 g/mol. The molecule has 1 saturated heterocycles. The molecule has 1 aromatic carbocycles. The summed E-state index contributed by atoms with van der Waals surface area (Å²) in [7, 11) is 3.34. The second-order valence-electron chi connectivity index (χ2n) is 7.07. The van der Waals surface area contributed by atoms with Crippen LogP contribution in [0.25, 0.3) is 11.3 Å². The Hall–Kier alpha value is -2.11. The normalized spacial score (nSPS) is 15.7. The van der Waals surface area contributed by atoms with Crippen LogP contribution in [0, 0.1) is 0 Å². The van der Waals surface area contributed by atoms with E-state index in [1.54, 1.807) is 14.2 Å². The zero-order chi connectivity index (χ0) is 19.1. The molecule has 0 bridgehead atoms. The summed E-state index contributed by atoms with van der Waals surface area (Å²) in [6.07, 6.45) is 2.57. The van der Waals surface area contributed by atoms with Crippen molar-refractivity contribution in [2.75, 3.05) is 46.9 Å². The Morgan fingerprint density at radius 3 is 2.44 bits per heavy atom. The van der Waals surface area contributed by atoms with E-state index >= 15 is 0 Å². The van der Waals surface area contributed by atoms with Crippen LogP contribution in [0.4, 0.5) is 0 Å². The minimum absolute atomic E-state index is 0.614. The molecule has 0 radical (unpaired) electrons. The minimum Gasteiger partial charge on any atom is -0.496 e. The molecule has 27 heavy (non-hydrogen) atoms. The second-order valence-corrected chi connectivity index (χ2v) is 7.07. The Labute approximate surface area is 162 Å². The van der Waals surface area contributed by atoms with Gasteiger partial charge in [-0.25, -0.2) is 4.98 Å². The van der Waals surface area contributed by atoms with Gasteiger partial charge < -0.3 is 14.4 Å². The van der Waals surface area contributed by atoms with Gasteiger partial charge in [0.25, 0.3) is 0 Å². The summed E-state index contributed by atoms with van der Waals surface area (Å²) in [6.45, 7) is 9.04. The first kappa shape index (κ1) is 19.6. The number of rotatable bonds is 8. The molecule has 2 aromatic rings. The van der Waals surface area contributed by atoms with Gasteiger partial charge in [0.1, 0.15) is 5.75 Å². The van der Waals surface area contributed by atoms with Crippen LogP contribution in [0.15, 0.2) is 36.4 Å². The molecule has 1 aliphatic rings. The SMILES string of the molecule is CCCCN1CCN(Cc2ccc(OC)c(-c3cccc(OC)n3)c2)CC1. The van der Waals surface area contributed by atoms with E-state index in [-0.39, 0.29) is 0 Å². The fraction of sp³-hybridized carbons (Fsp3) is 0.500. The quantitative estimate of drug-likeness (QED) is 0.710. The number of benzene rings is 1. The van der Waals surface area contributed by atoms with Crippen LogP contribution in [-0.4, -0.2) is 61.7 Å². The second kappa shape index (κ2) is 9.72. The smallest absolute Gasteiger partial charge is 0.213 e. The van der Waals surface area contributed by atoms with E-state index in [9.17, 15) is 0 Å². The van der Waals surface area contributed by atoms with Crippen LogP contribution in [-0.2, 0) is 6.54 Å². The van der Waals surface area contributed by atoms with Gasteiger partial charge in [-0.2, -0.15) is 0 Å². The minimum atomic E-state index is 0.614. The molecule has 0 unspecified atom stereocenters. The van der Waals surface area contributed by atoms with Gasteiger partial charge in [-0.1, -0.05) is 25.5 Å². The van der Waals surface area contributed by atoms with Crippen LogP contribution >= 0.6 is 0 Å². The molecule has 1 aliphatic heterocycles. The van der Waals surface area contributed by atoms with Gasteiger partial charge in [0.05, 0.1) is 19.9 Å². The Bertz CT molecular complexity index is 727. The summed E-state index contributed by atoms with van der Waals surface area (Å²) in [4.78, 5) is 9.69. The van der Waals surface area contributed by atoms with E-state index in [0.717, 1.165) is 36.6 Å². The van der Waals surface area contributed by atoms with E-state index in [1.165, 1.54) is 38.0 Å². The van der Waals surface area contributed by atoms with E-state index in [0.29, 0.717) is 5.88 Å². The topological polar surface area (TPSA) is 37.8 Å². The molecule has 146 valence electrons. The van der Waals surface area contributed by atoms with Gasteiger partial charge in [0.2, 0.25) is 5.88 Å². The van der Waals surface area contributed by atoms with E-state index in [1.807, 2.05) is 24.3 Å². The van der Waals surface area contributed by atoms with Gasteiger partial charge >= 0.3 is 0 Å². The highest BCUT2D eigenvalue weighted by Crippen LogP contribution is 2.31. The Morgan fingerprint density at radius 1 is 0.963 bits per heavy atom. The number of hydrogen-bond acceptors (Lipinski definition) is 5. The molecule has 2 heterocycles. The number of pyridine rings is 1. The number of aromatic nitrogens is 1. The summed E-state index contributed by atoms with van der Waals surface area (Å²) in [5, 5.41) is 0. The third-order valence-corrected chi connectivity index (χ3v) is 5.17. The number of ether oxygens (including phenoxy) is 2. The first-order valence-electron chi connectivity index (χ1n) is 9.86. The number of unbranched alkanes of at least 4 members (excludes halogenated alkanes) is 1. The van der Waals surface area contributed by atoms with E-state index in [2.05, 4.69) is 33.8 Å². The predicted molar refractivity (Wildman–Crippen MR) is 109 cm³/mol. The maximum absolute atomic E-state index is 5.57. The lowest BCUT2D eigenvalue weighted by molar-refractivity contribution is 0.126. The molecule has 0 spiro atoms. The maximum atomic E-state index is 5.57. The molecule has 0 N–H and O–H groups in total. The molecule has 5 nitrogen and oxygen atoms in total. The molecule has 0 saturated carbocycles. The predicted octanol–water partition coefficient (Wildman–Crippen LogP) is 3.68. The zero-order valence-corrected chi connectivity index (χ0v) is 16.8. The summed E-state index contributed by atoms with van der Waals surface area (Å²) < 4.78 is 10.8. The first-order chi connectivity index (χ1) is 13.2. The summed E-state index contributed by atoms with van der Waals surface area (Å²) >= 11 is 0. The Morgan fingerprint density at radius 2 is 1.74 bits per heavy atom. The van der Waals surface area contributed by atoms with Gasteiger partial charge in [0.15, 0.2) is 0 Å². The molecule has 0 aliphatic carbocycles. The molecular formula is C22H31N3O2. The van der Waals surface area contributed by atoms with Crippen molar-refractivity contribution in [3.8, 4) is 22.9 Å².